The lowest BCUT2D eigenvalue weighted by molar-refractivity contribution is 0.453. The SMILES string of the molecule is O=c1[nH]c(-c2sccc2Br)nc(O)c1-c1ccccc1F. The monoisotopic (exact) mass is 366 g/mol. The number of hydrogen-bond donors (Lipinski definition) is 2. The van der Waals surface area contributed by atoms with E-state index in [0.29, 0.717) is 4.88 Å². The first-order chi connectivity index (χ1) is 10.1. The topological polar surface area (TPSA) is 66.0 Å². The molecule has 3 aromatic rings. The summed E-state index contributed by atoms with van der Waals surface area (Å²) in [5, 5.41) is 11.9. The number of halogens is 2. The zero-order valence-electron chi connectivity index (χ0n) is 10.4. The highest BCUT2D eigenvalue weighted by Gasteiger charge is 2.18. The number of aromatic amines is 1. The van der Waals surface area contributed by atoms with Crippen molar-refractivity contribution in [2.75, 3.05) is 0 Å². The van der Waals surface area contributed by atoms with E-state index in [-0.39, 0.29) is 17.0 Å². The second-order valence-corrected chi connectivity index (χ2v) is 5.96. The Morgan fingerprint density at radius 2 is 2.05 bits per heavy atom. The minimum atomic E-state index is -0.595. The molecule has 0 bridgehead atoms. The Balaban J connectivity index is 2.21. The van der Waals surface area contributed by atoms with Gasteiger partial charge in [0.15, 0.2) is 5.82 Å². The van der Waals surface area contributed by atoms with Crippen molar-refractivity contribution in [2.24, 2.45) is 0 Å². The van der Waals surface area contributed by atoms with Gasteiger partial charge < -0.3 is 10.1 Å². The molecule has 3 rings (SSSR count). The van der Waals surface area contributed by atoms with E-state index in [1.807, 2.05) is 11.4 Å². The van der Waals surface area contributed by atoms with Crippen LogP contribution in [0.4, 0.5) is 4.39 Å². The Bertz CT molecular complexity index is 875. The van der Waals surface area contributed by atoms with E-state index in [4.69, 9.17) is 0 Å². The number of thiophene rings is 1. The quantitative estimate of drug-likeness (QED) is 0.725. The molecule has 4 nitrogen and oxygen atoms in total. The zero-order chi connectivity index (χ0) is 15.0. The first-order valence-electron chi connectivity index (χ1n) is 5.89. The number of rotatable bonds is 2. The molecule has 106 valence electrons. The maximum absolute atomic E-state index is 13.8. The molecule has 7 heteroatoms. The number of aromatic hydroxyl groups is 1. The third kappa shape index (κ3) is 2.50. The molecule has 0 aliphatic rings. The van der Waals surface area contributed by atoms with Gasteiger partial charge in [-0.2, -0.15) is 4.98 Å². The zero-order valence-corrected chi connectivity index (χ0v) is 12.8. The highest BCUT2D eigenvalue weighted by molar-refractivity contribution is 9.10. The van der Waals surface area contributed by atoms with Crippen molar-refractivity contribution < 1.29 is 9.50 Å². The minimum Gasteiger partial charge on any atom is -0.493 e. The number of nitrogens with zero attached hydrogens (tertiary/aromatic N) is 1. The van der Waals surface area contributed by atoms with Gasteiger partial charge in [0.05, 0.1) is 4.88 Å². The van der Waals surface area contributed by atoms with Crippen LogP contribution < -0.4 is 5.56 Å². The van der Waals surface area contributed by atoms with E-state index < -0.39 is 17.3 Å². The summed E-state index contributed by atoms with van der Waals surface area (Å²) < 4.78 is 14.5. The molecule has 0 fully saturated rings. The number of nitrogens with one attached hydrogen (secondary N) is 1. The third-order valence-electron chi connectivity index (χ3n) is 2.88. The first kappa shape index (κ1) is 14.0. The van der Waals surface area contributed by atoms with Gasteiger partial charge in [-0.15, -0.1) is 11.3 Å². The Labute approximate surface area is 131 Å². The predicted octanol–water partition coefficient (Wildman–Crippen LogP) is 3.77. The minimum absolute atomic E-state index is 0.0144. The summed E-state index contributed by atoms with van der Waals surface area (Å²) in [6, 6.07) is 7.54. The van der Waals surface area contributed by atoms with Crippen LogP contribution in [-0.4, -0.2) is 15.1 Å². The molecule has 1 aromatic carbocycles. The second-order valence-electron chi connectivity index (χ2n) is 4.19. The molecule has 0 saturated carbocycles. The maximum atomic E-state index is 13.8. The highest BCUT2D eigenvalue weighted by Crippen LogP contribution is 2.33. The van der Waals surface area contributed by atoms with Gasteiger partial charge in [-0.05, 0) is 33.4 Å². The molecule has 0 amide bonds. The Hall–Kier alpha value is -1.99. The third-order valence-corrected chi connectivity index (χ3v) is 4.72. The second kappa shape index (κ2) is 5.42. The van der Waals surface area contributed by atoms with Gasteiger partial charge in [-0.3, -0.25) is 4.79 Å². The van der Waals surface area contributed by atoms with E-state index in [1.54, 1.807) is 6.07 Å². The number of aromatic nitrogens is 2. The molecule has 21 heavy (non-hydrogen) atoms. The lowest BCUT2D eigenvalue weighted by atomic mass is 10.1. The van der Waals surface area contributed by atoms with Crippen LogP contribution in [0, 0.1) is 5.82 Å². The van der Waals surface area contributed by atoms with Crippen LogP contribution in [0.15, 0.2) is 45.0 Å². The van der Waals surface area contributed by atoms with Gasteiger partial charge in [0, 0.05) is 10.0 Å². The van der Waals surface area contributed by atoms with Crippen molar-refractivity contribution in [1.29, 1.82) is 0 Å². The molecule has 2 heterocycles. The predicted molar refractivity (Wildman–Crippen MR) is 82.9 cm³/mol. The van der Waals surface area contributed by atoms with Crippen LogP contribution in [0.25, 0.3) is 21.8 Å². The lowest BCUT2D eigenvalue weighted by Crippen LogP contribution is -2.12. The summed E-state index contributed by atoms with van der Waals surface area (Å²) in [4.78, 5) is 19.4. The normalized spacial score (nSPS) is 10.8. The van der Waals surface area contributed by atoms with E-state index in [2.05, 4.69) is 25.9 Å². The molecule has 0 aliphatic heterocycles. The number of H-pyrrole nitrogens is 1. The van der Waals surface area contributed by atoms with E-state index in [0.717, 1.165) is 4.47 Å². The molecule has 0 radical (unpaired) electrons. The van der Waals surface area contributed by atoms with Crippen LogP contribution in [0.5, 0.6) is 5.88 Å². The van der Waals surface area contributed by atoms with Gasteiger partial charge in [-0.25, -0.2) is 4.39 Å². The average Bonchev–Trinajstić information content (AvgIpc) is 2.86. The summed E-state index contributed by atoms with van der Waals surface area (Å²) in [6.07, 6.45) is 0. The fraction of sp³-hybridized carbons (Fsp3) is 0. The van der Waals surface area contributed by atoms with Crippen molar-refractivity contribution >= 4 is 27.3 Å². The largest absolute Gasteiger partial charge is 0.493 e. The van der Waals surface area contributed by atoms with Crippen molar-refractivity contribution in [3.63, 3.8) is 0 Å². The Kier molecular flexibility index (Phi) is 3.60. The van der Waals surface area contributed by atoms with E-state index >= 15 is 0 Å². The molecule has 2 aromatic heterocycles. The molecular formula is C14H8BrFN2O2S. The van der Waals surface area contributed by atoms with Crippen LogP contribution in [0.3, 0.4) is 0 Å². The van der Waals surface area contributed by atoms with Gasteiger partial charge >= 0.3 is 0 Å². The van der Waals surface area contributed by atoms with Crippen molar-refractivity contribution in [3.05, 3.63) is 56.4 Å². The number of benzene rings is 1. The molecule has 0 spiro atoms. The van der Waals surface area contributed by atoms with Crippen LogP contribution in [0.1, 0.15) is 0 Å². The van der Waals surface area contributed by atoms with Crippen LogP contribution >= 0.6 is 27.3 Å². The molecule has 0 unspecified atom stereocenters. The molecular weight excluding hydrogens is 359 g/mol. The van der Waals surface area contributed by atoms with Crippen molar-refractivity contribution in [3.8, 4) is 27.7 Å². The summed E-state index contributed by atoms with van der Waals surface area (Å²) in [6.45, 7) is 0. The van der Waals surface area contributed by atoms with Gasteiger partial charge in [0.25, 0.3) is 5.56 Å². The number of hydrogen-bond acceptors (Lipinski definition) is 4. The summed E-state index contributed by atoms with van der Waals surface area (Å²) in [5.74, 6) is -0.858. The molecule has 2 N–H and O–H groups in total. The van der Waals surface area contributed by atoms with E-state index in [1.165, 1.54) is 29.5 Å². The lowest BCUT2D eigenvalue weighted by Gasteiger charge is -2.06. The smallest absolute Gasteiger partial charge is 0.263 e. The average molecular weight is 367 g/mol. The molecule has 0 atom stereocenters. The summed E-state index contributed by atoms with van der Waals surface area (Å²) >= 11 is 4.69. The fourth-order valence-electron chi connectivity index (χ4n) is 1.94. The van der Waals surface area contributed by atoms with E-state index in [9.17, 15) is 14.3 Å². The summed E-state index contributed by atoms with van der Waals surface area (Å²) in [5.41, 5.74) is -0.757. The van der Waals surface area contributed by atoms with Crippen LogP contribution in [0.2, 0.25) is 0 Å². The Morgan fingerprint density at radius 3 is 2.67 bits per heavy atom. The first-order valence-corrected chi connectivity index (χ1v) is 7.56. The van der Waals surface area contributed by atoms with Gasteiger partial charge in [-0.1, -0.05) is 18.2 Å². The maximum Gasteiger partial charge on any atom is 0.263 e. The van der Waals surface area contributed by atoms with Crippen molar-refractivity contribution in [1.82, 2.24) is 9.97 Å². The Morgan fingerprint density at radius 1 is 1.29 bits per heavy atom. The molecule has 0 saturated heterocycles. The summed E-state index contributed by atoms with van der Waals surface area (Å²) in [7, 11) is 0. The van der Waals surface area contributed by atoms with Crippen LogP contribution in [-0.2, 0) is 0 Å². The van der Waals surface area contributed by atoms with Gasteiger partial charge in [0.1, 0.15) is 11.4 Å². The molecule has 0 aliphatic carbocycles. The standard InChI is InChI=1S/C14H8BrFN2O2S/c15-8-5-6-21-11(8)12-17-13(19)10(14(20)18-12)7-3-1-2-4-9(7)16/h1-6H,(H2,17,18,19,20). The fourth-order valence-corrected chi connectivity index (χ4v) is 3.44. The van der Waals surface area contributed by atoms with Gasteiger partial charge in [0.2, 0.25) is 5.88 Å². The highest BCUT2D eigenvalue weighted by atomic mass is 79.9. The van der Waals surface area contributed by atoms with Crippen molar-refractivity contribution in [2.45, 2.75) is 0 Å².